The van der Waals surface area contributed by atoms with Gasteiger partial charge in [-0.3, -0.25) is 4.79 Å². The zero-order valence-corrected chi connectivity index (χ0v) is 9.23. The number of carbonyl (C=O) groups is 1. The van der Waals surface area contributed by atoms with Gasteiger partial charge < -0.3 is 14.9 Å². The Morgan fingerprint density at radius 3 is 2.21 bits per heavy atom. The van der Waals surface area contributed by atoms with E-state index in [0.717, 1.165) is 0 Å². The van der Waals surface area contributed by atoms with Crippen molar-refractivity contribution in [1.29, 1.82) is 0 Å². The Hall–Kier alpha value is -0.610. The van der Waals surface area contributed by atoms with Crippen LogP contribution in [0, 0.1) is 11.8 Å². The lowest BCUT2D eigenvalue weighted by Gasteiger charge is -2.26. The molecule has 4 atom stereocenters. The van der Waals surface area contributed by atoms with E-state index in [1.807, 2.05) is 6.92 Å². The molecular formula is C10H20O4. The van der Waals surface area contributed by atoms with Crippen molar-refractivity contribution in [3.63, 3.8) is 0 Å². The van der Waals surface area contributed by atoms with Gasteiger partial charge in [-0.25, -0.2) is 0 Å². The first-order chi connectivity index (χ1) is 6.45. The van der Waals surface area contributed by atoms with Gasteiger partial charge in [-0.1, -0.05) is 13.8 Å². The molecule has 0 aromatic carbocycles. The first-order valence-electron chi connectivity index (χ1n) is 4.89. The molecule has 4 heteroatoms. The van der Waals surface area contributed by atoms with Gasteiger partial charge in [0.15, 0.2) is 0 Å². The normalized spacial score (nSPS) is 19.6. The molecule has 0 radical (unpaired) electrons. The van der Waals surface area contributed by atoms with Crippen molar-refractivity contribution in [1.82, 2.24) is 0 Å². The molecule has 2 N–H and O–H groups in total. The fraction of sp³-hybridized carbons (Fsp3) is 0.900. The van der Waals surface area contributed by atoms with E-state index in [4.69, 9.17) is 0 Å². The van der Waals surface area contributed by atoms with E-state index >= 15 is 0 Å². The van der Waals surface area contributed by atoms with E-state index in [2.05, 4.69) is 4.74 Å². The largest absolute Gasteiger partial charge is 0.469 e. The number of methoxy groups -OCH3 is 1. The molecule has 0 saturated carbocycles. The first-order valence-corrected chi connectivity index (χ1v) is 4.89. The van der Waals surface area contributed by atoms with Crippen LogP contribution in [-0.2, 0) is 9.53 Å². The standard InChI is InChI=1S/C10H20O4/c1-5-8(11)6(2)9(12)7(3)10(13)14-4/h6-9,11-12H,5H2,1-4H3/t6-,7-,8-,9+/m1/s1. The van der Waals surface area contributed by atoms with Crippen LogP contribution >= 0.6 is 0 Å². The Balaban J connectivity index is 4.30. The average Bonchev–Trinajstić information content (AvgIpc) is 2.23. The minimum absolute atomic E-state index is 0.325. The summed E-state index contributed by atoms with van der Waals surface area (Å²) in [5.41, 5.74) is 0. The number of aliphatic hydroxyl groups is 2. The van der Waals surface area contributed by atoms with E-state index in [9.17, 15) is 15.0 Å². The molecule has 0 aliphatic heterocycles. The Morgan fingerprint density at radius 1 is 1.36 bits per heavy atom. The molecule has 0 spiro atoms. The molecule has 0 bridgehead atoms. The van der Waals surface area contributed by atoms with Crippen molar-refractivity contribution >= 4 is 5.97 Å². The number of esters is 1. The highest BCUT2D eigenvalue weighted by molar-refractivity contribution is 5.72. The zero-order valence-electron chi connectivity index (χ0n) is 9.23. The van der Waals surface area contributed by atoms with Gasteiger partial charge in [0.05, 0.1) is 25.2 Å². The van der Waals surface area contributed by atoms with Gasteiger partial charge in [-0.2, -0.15) is 0 Å². The van der Waals surface area contributed by atoms with Crippen LogP contribution < -0.4 is 0 Å². The molecule has 4 nitrogen and oxygen atoms in total. The molecular weight excluding hydrogens is 184 g/mol. The van der Waals surface area contributed by atoms with Crippen LogP contribution in [0.4, 0.5) is 0 Å². The Kier molecular flexibility index (Phi) is 5.72. The van der Waals surface area contributed by atoms with Crippen LogP contribution in [0.1, 0.15) is 27.2 Å². The second kappa shape index (κ2) is 5.98. The van der Waals surface area contributed by atoms with Crippen molar-refractivity contribution in [2.75, 3.05) is 7.11 Å². The molecule has 0 fully saturated rings. The van der Waals surface area contributed by atoms with Gasteiger partial charge in [-0.05, 0) is 13.3 Å². The minimum atomic E-state index is -0.864. The Labute approximate surface area is 84.9 Å². The molecule has 14 heavy (non-hydrogen) atoms. The van der Waals surface area contributed by atoms with Gasteiger partial charge in [0, 0.05) is 5.92 Å². The average molecular weight is 204 g/mol. The second-order valence-electron chi connectivity index (χ2n) is 3.64. The van der Waals surface area contributed by atoms with Crippen molar-refractivity contribution < 1.29 is 19.7 Å². The van der Waals surface area contributed by atoms with Gasteiger partial charge >= 0.3 is 5.97 Å². The maximum Gasteiger partial charge on any atom is 0.311 e. The van der Waals surface area contributed by atoms with Crippen molar-refractivity contribution in [3.8, 4) is 0 Å². The van der Waals surface area contributed by atoms with Crippen molar-refractivity contribution in [3.05, 3.63) is 0 Å². The highest BCUT2D eigenvalue weighted by Gasteiger charge is 2.30. The van der Waals surface area contributed by atoms with Gasteiger partial charge in [0.25, 0.3) is 0 Å². The fourth-order valence-electron chi connectivity index (χ4n) is 1.38. The van der Waals surface area contributed by atoms with Gasteiger partial charge in [0.1, 0.15) is 0 Å². The number of hydrogen-bond donors (Lipinski definition) is 2. The molecule has 0 rings (SSSR count). The lowest BCUT2D eigenvalue weighted by Crippen LogP contribution is -2.37. The maximum atomic E-state index is 11.1. The Bertz CT molecular complexity index is 181. The molecule has 0 aliphatic rings. The predicted octanol–water partition coefficient (Wildman–Crippen LogP) is 0.563. The number of hydrogen-bond acceptors (Lipinski definition) is 4. The summed E-state index contributed by atoms with van der Waals surface area (Å²) in [7, 11) is 1.28. The van der Waals surface area contributed by atoms with Crippen LogP contribution in [-0.4, -0.2) is 35.5 Å². The molecule has 84 valence electrons. The lowest BCUT2D eigenvalue weighted by atomic mass is 9.88. The monoisotopic (exact) mass is 204 g/mol. The molecule has 0 aromatic rings. The highest BCUT2D eigenvalue weighted by Crippen LogP contribution is 2.19. The minimum Gasteiger partial charge on any atom is -0.469 e. The molecule has 0 aromatic heterocycles. The SMILES string of the molecule is CC[C@@H](O)[C@@H](C)[C@H](O)[C@@H](C)C(=O)OC. The summed E-state index contributed by atoms with van der Waals surface area (Å²) in [6.07, 6.45) is -0.888. The van der Waals surface area contributed by atoms with Gasteiger partial charge in [-0.15, -0.1) is 0 Å². The van der Waals surface area contributed by atoms with Crippen LogP contribution in [0.15, 0.2) is 0 Å². The van der Waals surface area contributed by atoms with Crippen molar-refractivity contribution in [2.45, 2.75) is 39.4 Å². The third-order valence-corrected chi connectivity index (χ3v) is 2.65. The fourth-order valence-corrected chi connectivity index (χ4v) is 1.38. The number of rotatable bonds is 5. The zero-order chi connectivity index (χ0) is 11.3. The Morgan fingerprint density at radius 2 is 1.86 bits per heavy atom. The first kappa shape index (κ1) is 13.4. The summed E-state index contributed by atoms with van der Waals surface area (Å²) in [5.74, 6) is -1.38. The summed E-state index contributed by atoms with van der Waals surface area (Å²) >= 11 is 0. The topological polar surface area (TPSA) is 66.8 Å². The lowest BCUT2D eigenvalue weighted by molar-refractivity contribution is -0.151. The summed E-state index contributed by atoms with van der Waals surface area (Å²) in [6.45, 7) is 5.14. The molecule has 0 saturated heterocycles. The summed E-state index contributed by atoms with van der Waals surface area (Å²) in [6, 6.07) is 0. The van der Waals surface area contributed by atoms with E-state index in [-0.39, 0.29) is 5.92 Å². The molecule has 0 amide bonds. The maximum absolute atomic E-state index is 11.1. The van der Waals surface area contributed by atoms with E-state index in [1.165, 1.54) is 7.11 Å². The highest BCUT2D eigenvalue weighted by atomic mass is 16.5. The van der Waals surface area contributed by atoms with Crippen LogP contribution in [0.2, 0.25) is 0 Å². The smallest absolute Gasteiger partial charge is 0.311 e. The number of carbonyl (C=O) groups excluding carboxylic acids is 1. The number of ether oxygens (including phenoxy) is 1. The van der Waals surface area contributed by atoms with Crippen LogP contribution in [0.25, 0.3) is 0 Å². The second-order valence-corrected chi connectivity index (χ2v) is 3.64. The molecule has 0 aliphatic carbocycles. The summed E-state index contributed by atoms with van der Waals surface area (Å²) < 4.78 is 4.52. The van der Waals surface area contributed by atoms with Crippen molar-refractivity contribution in [2.24, 2.45) is 11.8 Å². The number of aliphatic hydroxyl groups excluding tert-OH is 2. The molecule has 0 heterocycles. The third kappa shape index (κ3) is 3.27. The third-order valence-electron chi connectivity index (χ3n) is 2.65. The predicted molar refractivity (Wildman–Crippen MR) is 52.6 cm³/mol. The summed E-state index contributed by atoms with van der Waals surface area (Å²) in [4.78, 5) is 11.1. The van der Waals surface area contributed by atoms with E-state index < -0.39 is 24.1 Å². The molecule has 0 unspecified atom stereocenters. The van der Waals surface area contributed by atoms with E-state index in [1.54, 1.807) is 13.8 Å². The summed E-state index contributed by atoms with van der Waals surface area (Å²) in [5, 5.41) is 19.2. The quantitative estimate of drug-likeness (QED) is 0.642. The van der Waals surface area contributed by atoms with E-state index in [0.29, 0.717) is 6.42 Å². The van der Waals surface area contributed by atoms with Crippen LogP contribution in [0.3, 0.4) is 0 Å². The van der Waals surface area contributed by atoms with Crippen LogP contribution in [0.5, 0.6) is 0 Å². The van der Waals surface area contributed by atoms with Gasteiger partial charge in [0.2, 0.25) is 0 Å².